The van der Waals surface area contributed by atoms with Crippen molar-refractivity contribution in [3.05, 3.63) is 35.1 Å². The van der Waals surface area contributed by atoms with Gasteiger partial charge in [0.2, 0.25) is 0 Å². The largest absolute Gasteiger partial charge is 0.481 e. The number of hydrogen-bond acceptors (Lipinski definition) is 1. The summed E-state index contributed by atoms with van der Waals surface area (Å²) in [6, 6.07) is 4.97. The van der Waals surface area contributed by atoms with Crippen LogP contribution in [0, 0.1) is 17.2 Å². The summed E-state index contributed by atoms with van der Waals surface area (Å²) in [5, 5.41) is 9.13. The minimum atomic E-state index is -0.762. The zero-order valence-corrected chi connectivity index (χ0v) is 10.3. The maximum Gasteiger partial charge on any atom is 0.307 e. The highest BCUT2D eigenvalue weighted by atomic mass is 19.1. The van der Waals surface area contributed by atoms with Gasteiger partial charge in [0.1, 0.15) is 5.82 Å². The quantitative estimate of drug-likeness (QED) is 0.875. The predicted molar refractivity (Wildman–Crippen MR) is 63.4 cm³/mol. The molecule has 1 aromatic carbocycles. The Kier molecular flexibility index (Phi) is 2.72. The molecule has 0 unspecified atom stereocenters. The Morgan fingerprint density at radius 3 is 2.59 bits per heavy atom. The zero-order chi connectivity index (χ0) is 12.8. The van der Waals surface area contributed by atoms with Gasteiger partial charge in [-0.1, -0.05) is 32.9 Å². The fourth-order valence-electron chi connectivity index (χ4n) is 2.78. The zero-order valence-electron chi connectivity index (χ0n) is 10.3. The second-order valence-electron chi connectivity index (χ2n) is 5.32. The molecule has 0 radical (unpaired) electrons. The summed E-state index contributed by atoms with van der Waals surface area (Å²) in [4.78, 5) is 11.1. The number of carboxylic acid groups (broad SMARTS) is 1. The molecular weight excluding hydrogens is 219 g/mol. The molecule has 0 saturated heterocycles. The van der Waals surface area contributed by atoms with Crippen LogP contribution in [0.25, 0.3) is 0 Å². The third-order valence-electron chi connectivity index (χ3n) is 3.90. The van der Waals surface area contributed by atoms with E-state index < -0.39 is 5.97 Å². The highest BCUT2D eigenvalue weighted by molar-refractivity contribution is 5.77. The Morgan fingerprint density at radius 1 is 1.47 bits per heavy atom. The van der Waals surface area contributed by atoms with Gasteiger partial charge in [-0.3, -0.25) is 4.79 Å². The van der Waals surface area contributed by atoms with E-state index in [4.69, 9.17) is 5.11 Å². The van der Waals surface area contributed by atoms with Gasteiger partial charge in [0.05, 0.1) is 5.92 Å². The molecule has 0 amide bonds. The van der Waals surface area contributed by atoms with Gasteiger partial charge in [-0.05, 0) is 29.0 Å². The fraction of sp³-hybridized carbons (Fsp3) is 0.500. The number of rotatable bonds is 3. The van der Waals surface area contributed by atoms with Crippen LogP contribution >= 0.6 is 0 Å². The maximum atomic E-state index is 13.4. The summed E-state index contributed by atoms with van der Waals surface area (Å²) in [7, 11) is 0. The first-order valence-corrected chi connectivity index (χ1v) is 5.90. The maximum absolute atomic E-state index is 13.4. The monoisotopic (exact) mass is 236 g/mol. The SMILES string of the molecule is CCc1cc([C@@H]2[C@@H](C(=O)O)C2(C)C)ccc1F. The lowest BCUT2D eigenvalue weighted by atomic mass is 10.00. The van der Waals surface area contributed by atoms with E-state index in [-0.39, 0.29) is 23.1 Å². The average molecular weight is 236 g/mol. The van der Waals surface area contributed by atoms with Crippen molar-refractivity contribution < 1.29 is 14.3 Å². The molecule has 1 aromatic rings. The van der Waals surface area contributed by atoms with Crippen LogP contribution in [0.4, 0.5) is 4.39 Å². The topological polar surface area (TPSA) is 37.3 Å². The first-order chi connectivity index (χ1) is 7.89. The summed E-state index contributed by atoms with van der Waals surface area (Å²) in [6.07, 6.45) is 0.630. The van der Waals surface area contributed by atoms with Crippen LogP contribution < -0.4 is 0 Å². The van der Waals surface area contributed by atoms with Crippen molar-refractivity contribution in [1.29, 1.82) is 0 Å². The van der Waals surface area contributed by atoms with Crippen molar-refractivity contribution >= 4 is 5.97 Å². The molecule has 0 aromatic heterocycles. The van der Waals surface area contributed by atoms with Crippen LogP contribution in [0.2, 0.25) is 0 Å². The van der Waals surface area contributed by atoms with Crippen molar-refractivity contribution in [2.24, 2.45) is 11.3 Å². The molecule has 2 rings (SSSR count). The Labute approximate surface area is 100 Å². The van der Waals surface area contributed by atoms with Gasteiger partial charge < -0.3 is 5.11 Å². The molecule has 1 N–H and O–H groups in total. The first kappa shape index (κ1) is 12.1. The molecule has 2 atom stereocenters. The molecule has 0 spiro atoms. The Morgan fingerprint density at radius 2 is 2.12 bits per heavy atom. The number of carboxylic acids is 1. The number of halogens is 1. The van der Waals surface area contributed by atoms with Crippen LogP contribution in [-0.4, -0.2) is 11.1 Å². The van der Waals surface area contributed by atoms with E-state index in [0.29, 0.717) is 12.0 Å². The summed E-state index contributed by atoms with van der Waals surface area (Å²) >= 11 is 0. The van der Waals surface area contributed by atoms with Crippen molar-refractivity contribution in [2.45, 2.75) is 33.1 Å². The normalized spacial score (nSPS) is 25.6. The number of hydrogen-bond donors (Lipinski definition) is 1. The van der Waals surface area contributed by atoms with Crippen LogP contribution in [0.5, 0.6) is 0 Å². The molecule has 1 fully saturated rings. The molecule has 1 saturated carbocycles. The van der Waals surface area contributed by atoms with E-state index >= 15 is 0 Å². The van der Waals surface area contributed by atoms with Gasteiger partial charge in [0.25, 0.3) is 0 Å². The van der Waals surface area contributed by atoms with Crippen molar-refractivity contribution in [2.75, 3.05) is 0 Å². The summed E-state index contributed by atoms with van der Waals surface area (Å²) in [5.74, 6) is -1.31. The Hall–Kier alpha value is -1.38. The molecule has 1 aliphatic carbocycles. The van der Waals surface area contributed by atoms with E-state index in [0.717, 1.165) is 5.56 Å². The number of aryl methyl sites for hydroxylation is 1. The molecule has 1 aliphatic rings. The first-order valence-electron chi connectivity index (χ1n) is 5.90. The summed E-state index contributed by atoms with van der Waals surface area (Å²) < 4.78 is 13.4. The molecule has 0 bridgehead atoms. The molecule has 2 nitrogen and oxygen atoms in total. The second kappa shape index (κ2) is 3.83. The molecule has 3 heteroatoms. The third-order valence-corrected chi connectivity index (χ3v) is 3.90. The van der Waals surface area contributed by atoms with Crippen LogP contribution in [-0.2, 0) is 11.2 Å². The second-order valence-corrected chi connectivity index (χ2v) is 5.32. The van der Waals surface area contributed by atoms with E-state index in [2.05, 4.69) is 0 Å². The summed E-state index contributed by atoms with van der Waals surface area (Å²) in [5.41, 5.74) is 1.38. The van der Waals surface area contributed by atoms with E-state index in [1.54, 1.807) is 6.07 Å². The number of aliphatic carboxylic acids is 1. The van der Waals surface area contributed by atoms with E-state index in [1.165, 1.54) is 6.07 Å². The molecule has 17 heavy (non-hydrogen) atoms. The lowest BCUT2D eigenvalue weighted by Crippen LogP contribution is -2.03. The van der Waals surface area contributed by atoms with Crippen molar-refractivity contribution in [3.8, 4) is 0 Å². The van der Waals surface area contributed by atoms with E-state index in [1.807, 2.05) is 26.8 Å². The highest BCUT2D eigenvalue weighted by Crippen LogP contribution is 2.64. The van der Waals surface area contributed by atoms with Crippen LogP contribution in [0.3, 0.4) is 0 Å². The van der Waals surface area contributed by atoms with Crippen molar-refractivity contribution in [1.82, 2.24) is 0 Å². The van der Waals surface area contributed by atoms with Gasteiger partial charge >= 0.3 is 5.97 Å². The molecule has 0 aliphatic heterocycles. The Bertz CT molecular complexity index is 465. The Balaban J connectivity index is 2.34. The lowest BCUT2D eigenvalue weighted by molar-refractivity contribution is -0.139. The summed E-state index contributed by atoms with van der Waals surface area (Å²) in [6.45, 7) is 5.80. The standard InChI is InChI=1S/C14H17FO2/c1-4-8-7-9(5-6-10(8)15)11-12(13(16)17)14(11,2)3/h5-7,11-12H,4H2,1-3H3,(H,16,17)/t11-,12+/m1/s1. The fourth-order valence-corrected chi connectivity index (χ4v) is 2.78. The highest BCUT2D eigenvalue weighted by Gasteiger charge is 2.62. The van der Waals surface area contributed by atoms with Gasteiger partial charge in [-0.15, -0.1) is 0 Å². The van der Waals surface area contributed by atoms with Gasteiger partial charge in [-0.25, -0.2) is 4.39 Å². The minimum absolute atomic E-state index is 0.00546. The number of benzene rings is 1. The lowest BCUT2D eigenvalue weighted by Gasteiger charge is -2.06. The van der Waals surface area contributed by atoms with Crippen LogP contribution in [0.1, 0.15) is 37.8 Å². The average Bonchev–Trinajstić information content (AvgIpc) is 2.82. The minimum Gasteiger partial charge on any atom is -0.481 e. The van der Waals surface area contributed by atoms with Crippen molar-refractivity contribution in [3.63, 3.8) is 0 Å². The number of carbonyl (C=O) groups is 1. The van der Waals surface area contributed by atoms with Gasteiger partial charge in [0, 0.05) is 5.92 Å². The molecule has 92 valence electrons. The predicted octanol–water partition coefficient (Wildman–Crippen LogP) is 3.21. The van der Waals surface area contributed by atoms with Gasteiger partial charge in [0.15, 0.2) is 0 Å². The smallest absolute Gasteiger partial charge is 0.307 e. The third kappa shape index (κ3) is 1.84. The van der Waals surface area contributed by atoms with Crippen LogP contribution in [0.15, 0.2) is 18.2 Å². The van der Waals surface area contributed by atoms with E-state index in [9.17, 15) is 9.18 Å². The van der Waals surface area contributed by atoms with Gasteiger partial charge in [-0.2, -0.15) is 0 Å². The molecular formula is C14H17FO2. The molecule has 0 heterocycles.